The Morgan fingerprint density at radius 2 is 1.97 bits per heavy atom. The van der Waals surface area contributed by atoms with Gasteiger partial charge in [-0.1, -0.05) is 24.3 Å². The first-order valence-corrected chi connectivity index (χ1v) is 11.9. The molecule has 2 heterocycles. The Hall–Kier alpha value is -3.26. The Morgan fingerprint density at radius 3 is 2.76 bits per heavy atom. The van der Waals surface area contributed by atoms with Gasteiger partial charge in [0.15, 0.2) is 0 Å². The van der Waals surface area contributed by atoms with E-state index < -0.39 is 0 Å². The minimum atomic E-state index is -0.324. The van der Waals surface area contributed by atoms with Crippen LogP contribution in [-0.4, -0.2) is 52.6 Å². The van der Waals surface area contributed by atoms with Gasteiger partial charge in [0, 0.05) is 32.8 Å². The van der Waals surface area contributed by atoms with Crippen LogP contribution in [0.15, 0.2) is 48.5 Å². The number of piperidine rings is 1. The maximum atomic E-state index is 13.2. The minimum absolute atomic E-state index is 0.0488. The number of anilines is 1. The van der Waals surface area contributed by atoms with Gasteiger partial charge in [-0.15, -0.1) is 0 Å². The number of halogens is 1. The third kappa shape index (κ3) is 5.80. The molecule has 1 saturated heterocycles. The molecule has 1 N–H and O–H groups in total. The SMILES string of the molecule is CCOCCCn1c(NC(=O)C2CCCN(C(=O)Cc3ccc(F)cc3)C2)nc2ccccc21. The summed E-state index contributed by atoms with van der Waals surface area (Å²) in [6.45, 7) is 4.96. The van der Waals surface area contributed by atoms with Crippen LogP contribution in [-0.2, 0) is 27.3 Å². The van der Waals surface area contributed by atoms with E-state index in [-0.39, 0.29) is 30.0 Å². The number of benzene rings is 2. The fourth-order valence-electron chi connectivity index (χ4n) is 4.38. The largest absolute Gasteiger partial charge is 0.382 e. The maximum Gasteiger partial charge on any atom is 0.231 e. The second kappa shape index (κ2) is 11.2. The molecule has 1 atom stereocenters. The molecule has 34 heavy (non-hydrogen) atoms. The van der Waals surface area contributed by atoms with E-state index in [1.54, 1.807) is 17.0 Å². The Bertz CT molecular complexity index is 1130. The van der Waals surface area contributed by atoms with E-state index in [4.69, 9.17) is 4.74 Å². The lowest BCUT2D eigenvalue weighted by Crippen LogP contribution is -2.44. The van der Waals surface area contributed by atoms with Gasteiger partial charge in [0.2, 0.25) is 17.8 Å². The fourth-order valence-corrected chi connectivity index (χ4v) is 4.38. The number of imidazole rings is 1. The number of fused-ring (bicyclic) bond motifs is 1. The molecule has 2 aromatic carbocycles. The molecule has 0 radical (unpaired) electrons. The summed E-state index contributed by atoms with van der Waals surface area (Å²) in [5.74, 6) is -0.275. The van der Waals surface area contributed by atoms with E-state index in [0.29, 0.717) is 38.8 Å². The molecule has 8 heteroatoms. The topological polar surface area (TPSA) is 76.5 Å². The summed E-state index contributed by atoms with van der Waals surface area (Å²) in [4.78, 5) is 32.3. The summed E-state index contributed by atoms with van der Waals surface area (Å²) in [6, 6.07) is 13.8. The number of amides is 2. The van der Waals surface area contributed by atoms with Crippen LogP contribution in [0.1, 0.15) is 31.7 Å². The second-order valence-electron chi connectivity index (χ2n) is 8.60. The van der Waals surface area contributed by atoms with Gasteiger partial charge in [-0.05, 0) is 56.0 Å². The highest BCUT2D eigenvalue weighted by atomic mass is 19.1. The summed E-state index contributed by atoms with van der Waals surface area (Å²) < 4.78 is 20.6. The fraction of sp³-hybridized carbons (Fsp3) is 0.423. The number of aromatic nitrogens is 2. The molecule has 2 amide bonds. The molecule has 4 rings (SSSR count). The van der Waals surface area contributed by atoms with Crippen molar-refractivity contribution >= 4 is 28.8 Å². The summed E-state index contributed by atoms with van der Waals surface area (Å²) in [5, 5.41) is 3.02. The van der Waals surface area contributed by atoms with Crippen molar-refractivity contribution in [2.45, 2.75) is 39.2 Å². The van der Waals surface area contributed by atoms with Gasteiger partial charge in [-0.2, -0.15) is 0 Å². The van der Waals surface area contributed by atoms with Crippen molar-refractivity contribution in [2.24, 2.45) is 5.92 Å². The van der Waals surface area contributed by atoms with Crippen LogP contribution in [0, 0.1) is 11.7 Å². The standard InChI is InChI=1S/C26H31FN4O3/c1-2-34-16-6-15-31-23-9-4-3-8-22(23)28-26(31)29-25(33)20-7-5-14-30(18-20)24(32)17-19-10-12-21(27)13-11-19/h3-4,8-13,20H,2,5-7,14-18H2,1H3,(H,28,29,33). The molecular formula is C26H31FN4O3. The molecule has 1 aliphatic rings. The third-order valence-corrected chi connectivity index (χ3v) is 6.18. The number of hydrogen-bond acceptors (Lipinski definition) is 4. The number of ether oxygens (including phenoxy) is 1. The van der Waals surface area contributed by atoms with Crippen molar-refractivity contribution in [1.29, 1.82) is 0 Å². The van der Waals surface area contributed by atoms with Crippen LogP contribution in [0.5, 0.6) is 0 Å². The number of carbonyl (C=O) groups excluding carboxylic acids is 2. The van der Waals surface area contributed by atoms with Crippen LogP contribution in [0.3, 0.4) is 0 Å². The zero-order chi connectivity index (χ0) is 23.9. The number of nitrogens with zero attached hydrogens (tertiary/aromatic N) is 3. The Labute approximate surface area is 198 Å². The van der Waals surface area contributed by atoms with E-state index in [9.17, 15) is 14.0 Å². The minimum Gasteiger partial charge on any atom is -0.382 e. The van der Waals surface area contributed by atoms with Crippen LogP contribution in [0.25, 0.3) is 11.0 Å². The van der Waals surface area contributed by atoms with Gasteiger partial charge in [-0.3, -0.25) is 14.9 Å². The quantitative estimate of drug-likeness (QED) is 0.483. The van der Waals surface area contributed by atoms with Crippen molar-refractivity contribution in [3.63, 3.8) is 0 Å². The zero-order valence-corrected chi connectivity index (χ0v) is 19.5. The van der Waals surface area contributed by atoms with Gasteiger partial charge in [-0.25, -0.2) is 9.37 Å². The Balaban J connectivity index is 1.41. The van der Waals surface area contributed by atoms with Crippen molar-refractivity contribution in [2.75, 3.05) is 31.6 Å². The summed E-state index contributed by atoms with van der Waals surface area (Å²) in [6.07, 6.45) is 2.49. The molecule has 1 fully saturated rings. The first-order chi connectivity index (χ1) is 16.5. The number of carbonyl (C=O) groups is 2. The average Bonchev–Trinajstić information content (AvgIpc) is 3.20. The lowest BCUT2D eigenvalue weighted by Gasteiger charge is -2.32. The van der Waals surface area contributed by atoms with Gasteiger partial charge in [0.1, 0.15) is 5.82 Å². The van der Waals surface area contributed by atoms with Crippen molar-refractivity contribution < 1.29 is 18.7 Å². The van der Waals surface area contributed by atoms with Gasteiger partial charge in [0.05, 0.1) is 23.4 Å². The number of para-hydroxylation sites is 2. The Morgan fingerprint density at radius 1 is 1.18 bits per heavy atom. The predicted octanol–water partition coefficient (Wildman–Crippen LogP) is 4.02. The van der Waals surface area contributed by atoms with E-state index in [1.165, 1.54) is 12.1 Å². The highest BCUT2D eigenvalue weighted by Crippen LogP contribution is 2.23. The monoisotopic (exact) mass is 466 g/mol. The number of likely N-dealkylation sites (tertiary alicyclic amines) is 1. The molecule has 0 spiro atoms. The van der Waals surface area contributed by atoms with Crippen molar-refractivity contribution in [3.8, 4) is 0 Å². The van der Waals surface area contributed by atoms with Gasteiger partial charge < -0.3 is 14.2 Å². The molecule has 0 bridgehead atoms. The lowest BCUT2D eigenvalue weighted by atomic mass is 9.96. The van der Waals surface area contributed by atoms with Crippen LogP contribution >= 0.6 is 0 Å². The van der Waals surface area contributed by atoms with E-state index >= 15 is 0 Å². The molecule has 7 nitrogen and oxygen atoms in total. The van der Waals surface area contributed by atoms with E-state index in [0.717, 1.165) is 35.9 Å². The Kier molecular flexibility index (Phi) is 7.90. The summed E-state index contributed by atoms with van der Waals surface area (Å²) in [7, 11) is 0. The third-order valence-electron chi connectivity index (χ3n) is 6.18. The smallest absolute Gasteiger partial charge is 0.231 e. The predicted molar refractivity (Wildman–Crippen MR) is 129 cm³/mol. The molecule has 0 aliphatic carbocycles. The van der Waals surface area contributed by atoms with Gasteiger partial charge >= 0.3 is 0 Å². The molecule has 180 valence electrons. The zero-order valence-electron chi connectivity index (χ0n) is 19.5. The second-order valence-corrected chi connectivity index (χ2v) is 8.60. The highest BCUT2D eigenvalue weighted by Gasteiger charge is 2.29. The molecule has 1 aromatic heterocycles. The molecule has 1 aliphatic heterocycles. The van der Waals surface area contributed by atoms with Crippen LogP contribution in [0.2, 0.25) is 0 Å². The highest BCUT2D eigenvalue weighted by molar-refractivity contribution is 5.93. The molecule has 0 saturated carbocycles. The van der Waals surface area contributed by atoms with Gasteiger partial charge in [0.25, 0.3) is 0 Å². The normalized spacial score (nSPS) is 16.1. The number of rotatable bonds is 9. The number of aryl methyl sites for hydroxylation is 1. The molecule has 3 aromatic rings. The number of hydrogen-bond donors (Lipinski definition) is 1. The van der Waals surface area contributed by atoms with E-state index in [2.05, 4.69) is 10.3 Å². The van der Waals surface area contributed by atoms with Crippen LogP contribution < -0.4 is 5.32 Å². The molecule has 1 unspecified atom stereocenters. The maximum absolute atomic E-state index is 13.2. The summed E-state index contributed by atoms with van der Waals surface area (Å²) in [5.41, 5.74) is 2.56. The average molecular weight is 467 g/mol. The van der Waals surface area contributed by atoms with Crippen molar-refractivity contribution in [3.05, 3.63) is 59.9 Å². The summed E-state index contributed by atoms with van der Waals surface area (Å²) >= 11 is 0. The van der Waals surface area contributed by atoms with E-state index in [1.807, 2.05) is 35.8 Å². The number of nitrogens with one attached hydrogen (secondary N) is 1. The molecular weight excluding hydrogens is 435 g/mol. The van der Waals surface area contributed by atoms with Crippen LogP contribution in [0.4, 0.5) is 10.3 Å². The lowest BCUT2D eigenvalue weighted by molar-refractivity contribution is -0.133. The first-order valence-electron chi connectivity index (χ1n) is 11.9. The van der Waals surface area contributed by atoms with Crippen molar-refractivity contribution in [1.82, 2.24) is 14.5 Å². The first kappa shape index (κ1) is 23.9.